The highest BCUT2D eigenvalue weighted by Crippen LogP contribution is 3.02. The van der Waals surface area contributed by atoms with Crippen LogP contribution in [0.5, 0.6) is 0 Å². The Morgan fingerprint density at radius 2 is 1.81 bits per heavy atom. The molecule has 1 unspecified atom stereocenters. The van der Waals surface area contributed by atoms with Crippen molar-refractivity contribution in [3.63, 3.8) is 0 Å². The summed E-state index contributed by atoms with van der Waals surface area (Å²) in [7, 11) is -8.60. The highest BCUT2D eigenvalue weighted by Gasteiger charge is 2.65. The quantitative estimate of drug-likeness (QED) is 0.245. The maximum absolute atomic E-state index is 14.4. The van der Waals surface area contributed by atoms with Gasteiger partial charge in [0.1, 0.15) is 17.0 Å². The monoisotopic (exact) mass is 630 g/mol. The van der Waals surface area contributed by atoms with Crippen molar-refractivity contribution in [3.05, 3.63) is 54.4 Å². The molecule has 2 fully saturated rings. The van der Waals surface area contributed by atoms with Crippen LogP contribution in [0.3, 0.4) is 0 Å². The number of nitriles is 1. The number of anilines is 1. The van der Waals surface area contributed by atoms with Crippen molar-refractivity contribution in [2.24, 2.45) is 0 Å². The van der Waals surface area contributed by atoms with Crippen molar-refractivity contribution in [1.82, 2.24) is 19.7 Å². The first-order valence-corrected chi connectivity index (χ1v) is 15.8. The Morgan fingerprint density at radius 3 is 2.30 bits per heavy atom. The fraction of sp³-hybridized carbons (Fsp3) is 0.500. The summed E-state index contributed by atoms with van der Waals surface area (Å²) in [6, 6.07) is 2.16. The Kier molecular flexibility index (Phi) is 8.71. The zero-order chi connectivity index (χ0) is 31.6. The smallest absolute Gasteiger partial charge is 0.310 e. The maximum Gasteiger partial charge on any atom is 0.310 e. The Hall–Kier alpha value is -3.48. The molecule has 2 saturated heterocycles. The predicted molar refractivity (Wildman–Crippen MR) is 152 cm³/mol. The van der Waals surface area contributed by atoms with Gasteiger partial charge in [0.25, 0.3) is 11.8 Å². The molecule has 2 aromatic rings. The minimum Gasteiger partial charge on any atom is -0.379 e. The molecule has 15 heteroatoms. The van der Waals surface area contributed by atoms with Gasteiger partial charge in [0.2, 0.25) is 0 Å². The normalized spacial score (nSPS) is 21.3. The summed E-state index contributed by atoms with van der Waals surface area (Å²) >= 11 is 0. The minimum atomic E-state index is -10.0. The molecule has 3 atom stereocenters. The third kappa shape index (κ3) is 7.36. The van der Waals surface area contributed by atoms with E-state index in [-0.39, 0.29) is 42.4 Å². The van der Waals surface area contributed by atoms with E-state index in [0.717, 1.165) is 36.5 Å². The van der Waals surface area contributed by atoms with E-state index in [9.17, 15) is 34.3 Å². The number of rotatable bonds is 11. The molecule has 1 aromatic carbocycles. The van der Waals surface area contributed by atoms with Gasteiger partial charge in [0.15, 0.2) is 6.19 Å². The molecule has 1 aromatic heterocycles. The average Bonchev–Trinajstić information content (AvgIpc) is 3.35. The average molecular weight is 631 g/mol. The van der Waals surface area contributed by atoms with E-state index in [1.54, 1.807) is 17.0 Å². The van der Waals surface area contributed by atoms with Crippen LogP contribution in [-0.2, 0) is 14.3 Å². The number of carbonyl (C=O) groups is 2. The summed E-state index contributed by atoms with van der Waals surface area (Å²) in [5.74, 6) is -1.30. The number of pyridine rings is 1. The van der Waals surface area contributed by atoms with Gasteiger partial charge in [-0.1, -0.05) is 25.5 Å². The molecule has 236 valence electrons. The van der Waals surface area contributed by atoms with Crippen molar-refractivity contribution in [2.75, 3.05) is 44.7 Å². The molecule has 4 rings (SSSR count). The zero-order valence-electron chi connectivity index (χ0n) is 24.1. The number of likely N-dealkylation sites (tertiary alicyclic amines) is 2. The van der Waals surface area contributed by atoms with Crippen LogP contribution in [0.25, 0.3) is 0 Å². The SMILES string of the molecule is CO[C@@H]1C[C@H](C(=O)N(c2ccc(S(F)(F)(F)(F)F)cc2)C(C(=O)N(CCN2CCC2)C(C)C)c2cccnc2)N(C#N)C1. The highest BCUT2D eigenvalue weighted by atomic mass is 32.5. The van der Waals surface area contributed by atoms with E-state index in [2.05, 4.69) is 9.88 Å². The second kappa shape index (κ2) is 11.5. The van der Waals surface area contributed by atoms with E-state index < -0.39 is 45.1 Å². The second-order valence-electron chi connectivity index (χ2n) is 11.0. The molecule has 0 spiro atoms. The Bertz CT molecular complexity index is 1350. The Labute approximate surface area is 247 Å². The molecular formula is C28H35F5N6O3S. The van der Waals surface area contributed by atoms with Crippen molar-refractivity contribution in [3.8, 4) is 6.19 Å². The lowest BCUT2D eigenvalue weighted by molar-refractivity contribution is -0.137. The summed E-state index contributed by atoms with van der Waals surface area (Å²) in [5.41, 5.74) is 0.0417. The number of nitrogens with zero attached hydrogens (tertiary/aromatic N) is 6. The van der Waals surface area contributed by atoms with Gasteiger partial charge in [0, 0.05) is 56.3 Å². The summed E-state index contributed by atoms with van der Waals surface area (Å²) in [5, 5.41) is 9.77. The lowest BCUT2D eigenvalue weighted by Gasteiger charge is -2.41. The molecule has 3 heterocycles. The van der Waals surface area contributed by atoms with Crippen molar-refractivity contribution < 1.29 is 33.8 Å². The standard InChI is InChI=1S/C28H35F5N6O3S/c1-20(2)38(15-14-36-12-5-13-36)28(41)26(21-6-4-11-35-17-21)39(27(40)25-16-23(42-3)18-37(25)19-34)22-7-9-24(10-8-22)43(29,30,31,32)33/h4,6-11,17,20,23,25-26H,5,12-16,18H2,1-3H3/t23-,25-,26?/m1/s1. The lowest BCUT2D eigenvalue weighted by atomic mass is 10.0. The molecule has 2 aliphatic rings. The van der Waals surface area contributed by atoms with Crippen LogP contribution < -0.4 is 4.90 Å². The third-order valence-corrected chi connectivity index (χ3v) is 8.97. The van der Waals surface area contributed by atoms with E-state index in [4.69, 9.17) is 4.74 Å². The van der Waals surface area contributed by atoms with Gasteiger partial charge in [-0.2, -0.15) is 5.26 Å². The number of aromatic nitrogens is 1. The first kappa shape index (κ1) is 32.4. The lowest BCUT2D eigenvalue weighted by Crippen LogP contribution is -2.53. The third-order valence-electron chi connectivity index (χ3n) is 7.81. The fourth-order valence-corrected chi connectivity index (χ4v) is 5.97. The van der Waals surface area contributed by atoms with Crippen LogP contribution in [0, 0.1) is 11.5 Å². The van der Waals surface area contributed by atoms with E-state index in [1.165, 1.54) is 24.4 Å². The van der Waals surface area contributed by atoms with Crippen molar-refractivity contribution in [2.45, 2.75) is 55.8 Å². The van der Waals surface area contributed by atoms with Gasteiger partial charge in [0.05, 0.1) is 12.6 Å². The van der Waals surface area contributed by atoms with Gasteiger partial charge >= 0.3 is 10.2 Å². The molecule has 0 radical (unpaired) electrons. The number of hydrogen-bond donors (Lipinski definition) is 0. The summed E-state index contributed by atoms with van der Waals surface area (Å²) in [4.78, 5) is 36.7. The molecular weight excluding hydrogens is 595 g/mol. The number of halogens is 5. The van der Waals surface area contributed by atoms with Crippen molar-refractivity contribution in [1.29, 1.82) is 5.26 Å². The van der Waals surface area contributed by atoms with E-state index in [1.807, 2.05) is 20.0 Å². The van der Waals surface area contributed by atoms with E-state index in [0.29, 0.717) is 13.1 Å². The number of methoxy groups -OCH3 is 1. The second-order valence-corrected chi connectivity index (χ2v) is 13.5. The van der Waals surface area contributed by atoms with Crippen LogP contribution in [0.2, 0.25) is 0 Å². The number of benzene rings is 1. The van der Waals surface area contributed by atoms with E-state index >= 15 is 0 Å². The molecule has 0 aliphatic carbocycles. The number of amides is 2. The largest absolute Gasteiger partial charge is 0.379 e. The number of carbonyl (C=O) groups excluding carboxylic acids is 2. The predicted octanol–water partition coefficient (Wildman–Crippen LogP) is 5.33. The van der Waals surface area contributed by atoms with Crippen LogP contribution in [0.1, 0.15) is 38.3 Å². The number of ether oxygens (including phenoxy) is 1. The zero-order valence-corrected chi connectivity index (χ0v) is 24.9. The van der Waals surface area contributed by atoms with Gasteiger partial charge < -0.3 is 14.5 Å². The van der Waals surface area contributed by atoms with Gasteiger partial charge in [-0.15, -0.1) is 0 Å². The maximum atomic E-state index is 14.4. The molecule has 2 amide bonds. The Morgan fingerprint density at radius 1 is 1.14 bits per heavy atom. The molecule has 9 nitrogen and oxygen atoms in total. The number of hydrogen-bond acceptors (Lipinski definition) is 7. The molecule has 0 saturated carbocycles. The summed E-state index contributed by atoms with van der Waals surface area (Å²) in [6.07, 6.45) is 5.40. The fourth-order valence-electron chi connectivity index (χ4n) is 5.32. The van der Waals surface area contributed by atoms with Crippen LogP contribution in [0.15, 0.2) is 53.7 Å². The minimum absolute atomic E-state index is 0.0692. The highest BCUT2D eigenvalue weighted by molar-refractivity contribution is 8.45. The van der Waals surface area contributed by atoms with Gasteiger partial charge in [-0.05, 0) is 63.7 Å². The topological polar surface area (TPSA) is 93.0 Å². The van der Waals surface area contributed by atoms with Gasteiger partial charge in [-0.3, -0.25) is 24.4 Å². The first-order valence-electron chi connectivity index (χ1n) is 13.8. The van der Waals surface area contributed by atoms with Crippen molar-refractivity contribution >= 4 is 27.7 Å². The van der Waals surface area contributed by atoms with Crippen LogP contribution >= 0.6 is 10.2 Å². The Balaban J connectivity index is 1.85. The van der Waals surface area contributed by atoms with Crippen LogP contribution in [-0.4, -0.2) is 89.5 Å². The molecule has 2 aliphatic heterocycles. The molecule has 0 bridgehead atoms. The van der Waals surface area contributed by atoms with Crippen LogP contribution in [0.4, 0.5) is 25.1 Å². The van der Waals surface area contributed by atoms with Gasteiger partial charge in [-0.25, -0.2) is 0 Å². The molecule has 0 N–H and O–H groups in total. The first-order chi connectivity index (χ1) is 20.0. The summed E-state index contributed by atoms with van der Waals surface area (Å²) < 4.78 is 73.3. The summed E-state index contributed by atoms with van der Waals surface area (Å²) in [6.45, 7) is 6.38. The molecule has 43 heavy (non-hydrogen) atoms.